The third-order valence-corrected chi connectivity index (χ3v) is 2.93. The Hall–Kier alpha value is -0.840. The van der Waals surface area contributed by atoms with Crippen molar-refractivity contribution in [3.8, 4) is 0 Å². The van der Waals surface area contributed by atoms with E-state index in [0.717, 1.165) is 0 Å². The van der Waals surface area contributed by atoms with E-state index in [0.29, 0.717) is 15.8 Å². The summed E-state index contributed by atoms with van der Waals surface area (Å²) < 4.78 is 18.4. The molecule has 0 spiro atoms. The average molecular weight is 306 g/mol. The first-order chi connectivity index (χ1) is 7.58. The quantitative estimate of drug-likeness (QED) is 0.912. The lowest BCUT2D eigenvalue weighted by Crippen LogP contribution is -1.98. The van der Waals surface area contributed by atoms with E-state index in [2.05, 4.69) is 15.9 Å². The van der Waals surface area contributed by atoms with Crippen molar-refractivity contribution in [3.63, 3.8) is 0 Å². The van der Waals surface area contributed by atoms with Crippen molar-refractivity contribution in [1.29, 1.82) is 0 Å². The highest BCUT2D eigenvalue weighted by Crippen LogP contribution is 2.28. The highest BCUT2D eigenvalue weighted by atomic mass is 79.9. The number of furan rings is 1. The molecule has 1 atom stereocenters. The number of aliphatic hydroxyl groups excluding tert-OH is 1. The Bertz CT molecular complexity index is 512. The second-order valence-corrected chi connectivity index (χ2v) is 4.44. The summed E-state index contributed by atoms with van der Waals surface area (Å²) in [5.41, 5.74) is 0.527. The van der Waals surface area contributed by atoms with E-state index in [-0.39, 0.29) is 11.0 Å². The van der Waals surface area contributed by atoms with Gasteiger partial charge < -0.3 is 9.52 Å². The topological polar surface area (TPSA) is 33.4 Å². The Morgan fingerprint density at radius 2 is 2.06 bits per heavy atom. The molecule has 0 saturated heterocycles. The summed E-state index contributed by atoms with van der Waals surface area (Å²) in [5.74, 6) is -0.0584. The van der Waals surface area contributed by atoms with Gasteiger partial charge in [-0.15, -0.1) is 0 Å². The second-order valence-electron chi connectivity index (χ2n) is 3.22. The third kappa shape index (κ3) is 2.29. The lowest BCUT2D eigenvalue weighted by Gasteiger charge is -2.08. The molecule has 0 bridgehead atoms. The van der Waals surface area contributed by atoms with E-state index in [1.807, 2.05) is 0 Å². The van der Waals surface area contributed by atoms with E-state index < -0.39 is 6.10 Å². The molecule has 1 aromatic heterocycles. The molecule has 1 heterocycles. The lowest BCUT2D eigenvalue weighted by atomic mass is 10.1. The molecular weight excluding hydrogens is 298 g/mol. The summed E-state index contributed by atoms with van der Waals surface area (Å²) in [6.45, 7) is 0. The average Bonchev–Trinajstić information content (AvgIpc) is 2.68. The minimum absolute atomic E-state index is 0.204. The van der Waals surface area contributed by atoms with Crippen LogP contribution in [0.2, 0.25) is 5.22 Å². The normalized spacial score (nSPS) is 12.8. The van der Waals surface area contributed by atoms with E-state index in [9.17, 15) is 9.50 Å². The van der Waals surface area contributed by atoms with Crippen molar-refractivity contribution in [2.24, 2.45) is 0 Å². The molecule has 16 heavy (non-hydrogen) atoms. The Balaban J connectivity index is 2.33. The van der Waals surface area contributed by atoms with Crippen molar-refractivity contribution < 1.29 is 13.9 Å². The Kier molecular flexibility index (Phi) is 3.33. The monoisotopic (exact) mass is 304 g/mol. The number of rotatable bonds is 2. The van der Waals surface area contributed by atoms with Crippen LogP contribution >= 0.6 is 27.5 Å². The molecule has 0 radical (unpaired) electrons. The summed E-state index contributed by atoms with van der Waals surface area (Å²) in [4.78, 5) is 0. The summed E-state index contributed by atoms with van der Waals surface area (Å²) in [6, 6.07) is 7.37. The van der Waals surface area contributed by atoms with Crippen LogP contribution in [-0.2, 0) is 0 Å². The van der Waals surface area contributed by atoms with Gasteiger partial charge in [0.1, 0.15) is 17.7 Å². The van der Waals surface area contributed by atoms with Crippen LogP contribution in [0.5, 0.6) is 0 Å². The van der Waals surface area contributed by atoms with E-state index >= 15 is 0 Å². The third-order valence-electron chi connectivity index (χ3n) is 2.12. The Morgan fingerprint density at radius 1 is 1.31 bits per heavy atom. The zero-order valence-electron chi connectivity index (χ0n) is 7.95. The maximum absolute atomic E-state index is 13.0. The summed E-state index contributed by atoms with van der Waals surface area (Å²) >= 11 is 8.65. The zero-order valence-corrected chi connectivity index (χ0v) is 10.3. The largest absolute Gasteiger partial charge is 0.447 e. The number of halogens is 3. The molecule has 0 fully saturated rings. The fourth-order valence-corrected chi connectivity index (χ4v) is 1.87. The van der Waals surface area contributed by atoms with Gasteiger partial charge in [0.05, 0.1) is 4.47 Å². The van der Waals surface area contributed by atoms with Crippen molar-refractivity contribution >= 4 is 27.5 Å². The second kappa shape index (κ2) is 4.57. The SMILES string of the molecule is OC(c1ccc(F)c(Br)c1)c1ccc(Cl)o1. The van der Waals surface area contributed by atoms with Gasteiger partial charge in [0.2, 0.25) is 0 Å². The van der Waals surface area contributed by atoms with Crippen LogP contribution < -0.4 is 0 Å². The van der Waals surface area contributed by atoms with E-state index in [4.69, 9.17) is 16.0 Å². The molecule has 2 rings (SSSR count). The van der Waals surface area contributed by atoms with Crippen molar-refractivity contribution in [2.75, 3.05) is 0 Å². The molecule has 0 amide bonds. The predicted molar refractivity (Wildman–Crippen MR) is 61.9 cm³/mol. The van der Waals surface area contributed by atoms with Gasteiger partial charge in [-0.05, 0) is 57.4 Å². The number of hydrogen-bond acceptors (Lipinski definition) is 2. The minimum atomic E-state index is -0.954. The summed E-state index contributed by atoms with van der Waals surface area (Å²) in [7, 11) is 0. The molecule has 0 aliphatic heterocycles. The van der Waals surface area contributed by atoms with Crippen molar-refractivity contribution in [1.82, 2.24) is 0 Å². The summed E-state index contributed by atoms with van der Waals surface area (Å²) in [6.07, 6.45) is -0.954. The first-order valence-corrected chi connectivity index (χ1v) is 5.63. The van der Waals surface area contributed by atoms with Gasteiger partial charge >= 0.3 is 0 Å². The highest BCUT2D eigenvalue weighted by Gasteiger charge is 2.15. The molecule has 2 nitrogen and oxygen atoms in total. The van der Waals surface area contributed by atoms with Crippen LogP contribution in [0.15, 0.2) is 39.2 Å². The molecule has 1 unspecified atom stereocenters. The lowest BCUT2D eigenvalue weighted by molar-refractivity contribution is 0.189. The fraction of sp³-hybridized carbons (Fsp3) is 0.0909. The molecule has 0 aliphatic carbocycles. The van der Waals surface area contributed by atoms with Gasteiger partial charge in [0, 0.05) is 0 Å². The van der Waals surface area contributed by atoms with Crippen LogP contribution in [0.1, 0.15) is 17.4 Å². The smallest absolute Gasteiger partial charge is 0.193 e. The minimum Gasteiger partial charge on any atom is -0.447 e. The van der Waals surface area contributed by atoms with E-state index in [1.54, 1.807) is 12.1 Å². The molecule has 1 aromatic carbocycles. The van der Waals surface area contributed by atoms with Crippen molar-refractivity contribution in [3.05, 3.63) is 57.2 Å². The maximum Gasteiger partial charge on any atom is 0.193 e. The molecule has 2 aromatic rings. The van der Waals surface area contributed by atoms with Crippen LogP contribution in [0.4, 0.5) is 4.39 Å². The number of benzene rings is 1. The molecule has 1 N–H and O–H groups in total. The fourth-order valence-electron chi connectivity index (χ4n) is 1.32. The summed E-state index contributed by atoms with van der Waals surface area (Å²) in [5, 5.41) is 10.1. The predicted octanol–water partition coefficient (Wildman–Crippen LogP) is 3.92. The first kappa shape index (κ1) is 11.6. The molecule has 0 saturated carbocycles. The highest BCUT2D eigenvalue weighted by molar-refractivity contribution is 9.10. The van der Waals surface area contributed by atoms with Crippen LogP contribution in [-0.4, -0.2) is 5.11 Å². The Labute approximate surface area is 105 Å². The number of aliphatic hydroxyl groups is 1. The van der Waals surface area contributed by atoms with E-state index in [1.165, 1.54) is 18.2 Å². The van der Waals surface area contributed by atoms with Gasteiger partial charge in [0.25, 0.3) is 0 Å². The first-order valence-electron chi connectivity index (χ1n) is 4.46. The van der Waals surface area contributed by atoms with Crippen LogP contribution in [0, 0.1) is 5.82 Å². The van der Waals surface area contributed by atoms with Gasteiger partial charge in [0.15, 0.2) is 5.22 Å². The van der Waals surface area contributed by atoms with Crippen molar-refractivity contribution in [2.45, 2.75) is 6.10 Å². The van der Waals surface area contributed by atoms with Gasteiger partial charge in [-0.1, -0.05) is 6.07 Å². The van der Waals surface area contributed by atoms with Gasteiger partial charge in [-0.2, -0.15) is 0 Å². The standard InChI is InChI=1S/C11H7BrClFO2/c12-7-5-6(1-2-8(7)14)11(15)9-3-4-10(13)16-9/h1-5,11,15H. The number of hydrogen-bond donors (Lipinski definition) is 1. The van der Waals surface area contributed by atoms with Crippen LogP contribution in [0.25, 0.3) is 0 Å². The molecule has 5 heteroatoms. The molecule has 84 valence electrons. The maximum atomic E-state index is 13.0. The molecule has 0 aliphatic rings. The van der Waals surface area contributed by atoms with Crippen LogP contribution in [0.3, 0.4) is 0 Å². The zero-order chi connectivity index (χ0) is 11.7. The molecular formula is C11H7BrClFO2. The van der Waals surface area contributed by atoms with Gasteiger partial charge in [-0.25, -0.2) is 4.39 Å². The van der Waals surface area contributed by atoms with Gasteiger partial charge in [-0.3, -0.25) is 0 Å². The Morgan fingerprint density at radius 3 is 2.62 bits per heavy atom.